The Balaban J connectivity index is 1.50. The van der Waals surface area contributed by atoms with E-state index in [9.17, 15) is 14.0 Å². The first kappa shape index (κ1) is 24.1. The highest BCUT2D eigenvalue weighted by atomic mass is 35.5. The molecule has 1 heterocycles. The minimum absolute atomic E-state index is 0.0941. The van der Waals surface area contributed by atoms with Gasteiger partial charge in [0.25, 0.3) is 11.1 Å². The van der Waals surface area contributed by atoms with Gasteiger partial charge >= 0.3 is 0 Å². The zero-order valence-electron chi connectivity index (χ0n) is 17.9. The fourth-order valence-corrected chi connectivity index (χ4v) is 4.45. The van der Waals surface area contributed by atoms with Gasteiger partial charge in [0.15, 0.2) is 11.5 Å². The summed E-state index contributed by atoms with van der Waals surface area (Å²) in [5, 5.41) is 0.305. The van der Waals surface area contributed by atoms with Gasteiger partial charge in [-0.25, -0.2) is 4.39 Å². The van der Waals surface area contributed by atoms with Crippen molar-refractivity contribution in [1.82, 2.24) is 4.90 Å². The van der Waals surface area contributed by atoms with E-state index in [0.717, 1.165) is 22.2 Å². The standard InChI is InChI=1S/C25H18Cl2FNO4S/c1-32-22-11-16(7-10-21(22)33-14-15-5-8-17(26)9-6-15)12-23-24(30)29(25(31)34-23)13-18-19(27)3-2-4-20(18)28/h2-12H,13-14H2,1H3/b23-12+. The molecule has 4 rings (SSSR count). The molecule has 1 fully saturated rings. The van der Waals surface area contributed by atoms with Crippen LogP contribution in [0.15, 0.2) is 65.6 Å². The van der Waals surface area contributed by atoms with Gasteiger partial charge in [-0.3, -0.25) is 14.5 Å². The van der Waals surface area contributed by atoms with E-state index < -0.39 is 17.0 Å². The normalized spacial score (nSPS) is 14.7. The Morgan fingerprint density at radius 1 is 1.03 bits per heavy atom. The Morgan fingerprint density at radius 3 is 2.50 bits per heavy atom. The Kier molecular flexibility index (Phi) is 7.46. The first-order valence-electron chi connectivity index (χ1n) is 10.1. The van der Waals surface area contributed by atoms with Crippen LogP contribution < -0.4 is 9.47 Å². The number of carbonyl (C=O) groups excluding carboxylic acids is 2. The lowest BCUT2D eigenvalue weighted by Gasteiger charge is -2.14. The fourth-order valence-electron chi connectivity index (χ4n) is 3.26. The first-order valence-corrected chi connectivity index (χ1v) is 11.7. The van der Waals surface area contributed by atoms with Crippen molar-refractivity contribution in [3.05, 3.63) is 98.1 Å². The van der Waals surface area contributed by atoms with Crippen LogP contribution in [0.2, 0.25) is 10.0 Å². The Labute approximate surface area is 210 Å². The molecule has 3 aromatic carbocycles. The number of halogens is 3. The zero-order chi connectivity index (χ0) is 24.2. The molecule has 3 aromatic rings. The highest BCUT2D eigenvalue weighted by Crippen LogP contribution is 2.36. The summed E-state index contributed by atoms with van der Waals surface area (Å²) in [6.45, 7) is 0.0820. The summed E-state index contributed by atoms with van der Waals surface area (Å²) in [5.74, 6) is -0.0946. The van der Waals surface area contributed by atoms with Crippen molar-refractivity contribution in [1.29, 1.82) is 0 Å². The molecule has 5 nitrogen and oxygen atoms in total. The Hall–Kier alpha value is -3.00. The van der Waals surface area contributed by atoms with Crippen LogP contribution in [0.3, 0.4) is 0 Å². The average Bonchev–Trinajstić information content (AvgIpc) is 3.08. The molecule has 2 amide bonds. The second kappa shape index (κ2) is 10.5. The highest BCUT2D eigenvalue weighted by Gasteiger charge is 2.36. The number of carbonyl (C=O) groups is 2. The van der Waals surface area contributed by atoms with Gasteiger partial charge in [0.1, 0.15) is 12.4 Å². The van der Waals surface area contributed by atoms with Crippen LogP contribution in [0.5, 0.6) is 11.5 Å². The quantitative estimate of drug-likeness (QED) is 0.317. The molecule has 0 radical (unpaired) electrons. The van der Waals surface area contributed by atoms with Crippen molar-refractivity contribution in [2.45, 2.75) is 13.2 Å². The number of amides is 2. The van der Waals surface area contributed by atoms with Gasteiger partial charge < -0.3 is 9.47 Å². The zero-order valence-corrected chi connectivity index (χ0v) is 20.2. The van der Waals surface area contributed by atoms with Gasteiger partial charge in [0.05, 0.1) is 18.6 Å². The molecule has 1 aliphatic rings. The van der Waals surface area contributed by atoms with Crippen LogP contribution in [0.25, 0.3) is 6.08 Å². The van der Waals surface area contributed by atoms with Crippen molar-refractivity contribution in [3.8, 4) is 11.5 Å². The second-order valence-electron chi connectivity index (χ2n) is 7.29. The lowest BCUT2D eigenvalue weighted by molar-refractivity contribution is -0.123. The minimum Gasteiger partial charge on any atom is -0.493 e. The van der Waals surface area contributed by atoms with E-state index in [-0.39, 0.29) is 22.0 Å². The van der Waals surface area contributed by atoms with E-state index >= 15 is 0 Å². The summed E-state index contributed by atoms with van der Waals surface area (Å²) >= 11 is 12.7. The van der Waals surface area contributed by atoms with Crippen molar-refractivity contribution < 1.29 is 23.5 Å². The number of methoxy groups -OCH3 is 1. The number of ether oxygens (including phenoxy) is 2. The number of thioether (sulfide) groups is 1. The maximum absolute atomic E-state index is 14.1. The molecule has 0 aliphatic carbocycles. The predicted octanol–water partition coefficient (Wildman–Crippen LogP) is 6.96. The smallest absolute Gasteiger partial charge is 0.293 e. The van der Waals surface area contributed by atoms with E-state index in [1.165, 1.54) is 25.3 Å². The Bertz CT molecular complexity index is 1260. The van der Waals surface area contributed by atoms with Gasteiger partial charge in [-0.15, -0.1) is 0 Å². The Morgan fingerprint density at radius 2 is 1.79 bits per heavy atom. The molecule has 0 bridgehead atoms. The van der Waals surface area contributed by atoms with Crippen molar-refractivity contribution in [3.63, 3.8) is 0 Å². The third kappa shape index (κ3) is 5.38. The molecule has 0 saturated carbocycles. The molecule has 34 heavy (non-hydrogen) atoms. The topological polar surface area (TPSA) is 55.8 Å². The fraction of sp³-hybridized carbons (Fsp3) is 0.120. The first-order chi connectivity index (χ1) is 16.4. The van der Waals surface area contributed by atoms with E-state index in [1.54, 1.807) is 36.4 Å². The number of imide groups is 1. The minimum atomic E-state index is -0.575. The maximum Gasteiger partial charge on any atom is 0.293 e. The van der Waals surface area contributed by atoms with Gasteiger partial charge in [-0.05, 0) is 65.4 Å². The van der Waals surface area contributed by atoms with Crippen LogP contribution in [-0.2, 0) is 17.9 Å². The molecular formula is C25H18Cl2FNO4S. The average molecular weight is 518 g/mol. The highest BCUT2D eigenvalue weighted by molar-refractivity contribution is 8.18. The lowest BCUT2D eigenvalue weighted by Crippen LogP contribution is -2.28. The van der Waals surface area contributed by atoms with Crippen molar-refractivity contribution in [2.75, 3.05) is 7.11 Å². The third-order valence-electron chi connectivity index (χ3n) is 5.04. The summed E-state index contributed by atoms with van der Waals surface area (Å²) in [6, 6.07) is 16.7. The number of rotatable bonds is 7. The summed E-state index contributed by atoms with van der Waals surface area (Å²) < 4.78 is 25.4. The second-order valence-corrected chi connectivity index (χ2v) is 9.13. The lowest BCUT2D eigenvalue weighted by atomic mass is 10.1. The third-order valence-corrected chi connectivity index (χ3v) is 6.56. The van der Waals surface area contributed by atoms with E-state index in [2.05, 4.69) is 0 Å². The van der Waals surface area contributed by atoms with Gasteiger partial charge in [-0.2, -0.15) is 0 Å². The van der Waals surface area contributed by atoms with Crippen LogP contribution in [0, 0.1) is 5.82 Å². The molecule has 0 spiro atoms. The molecule has 0 N–H and O–H groups in total. The SMILES string of the molecule is COc1cc(/C=C2/SC(=O)N(Cc3c(F)cccc3Cl)C2=O)ccc1OCc1ccc(Cl)cc1. The molecule has 9 heteroatoms. The van der Waals surface area contributed by atoms with E-state index in [4.69, 9.17) is 32.7 Å². The molecule has 0 unspecified atom stereocenters. The summed E-state index contributed by atoms with van der Waals surface area (Å²) in [7, 11) is 1.51. The molecule has 1 aliphatic heterocycles. The monoisotopic (exact) mass is 517 g/mol. The van der Waals surface area contributed by atoms with Gasteiger partial charge in [0, 0.05) is 15.6 Å². The predicted molar refractivity (Wildman–Crippen MR) is 132 cm³/mol. The van der Waals surface area contributed by atoms with Crippen LogP contribution in [-0.4, -0.2) is 23.2 Å². The van der Waals surface area contributed by atoms with Gasteiger partial charge in [0.2, 0.25) is 0 Å². The summed E-state index contributed by atoms with van der Waals surface area (Å²) in [4.78, 5) is 26.5. The summed E-state index contributed by atoms with van der Waals surface area (Å²) in [6.07, 6.45) is 1.58. The number of benzene rings is 3. The van der Waals surface area contributed by atoms with Crippen LogP contribution in [0.4, 0.5) is 9.18 Å². The molecular weight excluding hydrogens is 500 g/mol. The van der Waals surface area contributed by atoms with Crippen molar-refractivity contribution in [2.24, 2.45) is 0 Å². The van der Waals surface area contributed by atoms with Gasteiger partial charge in [-0.1, -0.05) is 47.5 Å². The van der Waals surface area contributed by atoms with Crippen LogP contribution in [0.1, 0.15) is 16.7 Å². The summed E-state index contributed by atoms with van der Waals surface area (Å²) in [5.41, 5.74) is 1.68. The van der Waals surface area contributed by atoms with E-state index in [0.29, 0.717) is 28.7 Å². The number of hydrogen-bond acceptors (Lipinski definition) is 5. The number of nitrogens with zero attached hydrogens (tertiary/aromatic N) is 1. The maximum atomic E-state index is 14.1. The largest absolute Gasteiger partial charge is 0.493 e. The van der Waals surface area contributed by atoms with Crippen LogP contribution >= 0.6 is 35.0 Å². The van der Waals surface area contributed by atoms with E-state index in [1.807, 2.05) is 12.1 Å². The molecule has 174 valence electrons. The van der Waals surface area contributed by atoms with Crippen molar-refractivity contribution >= 4 is 52.2 Å². The number of hydrogen-bond donors (Lipinski definition) is 0. The molecule has 0 aromatic heterocycles. The molecule has 1 saturated heterocycles. The molecule has 0 atom stereocenters.